The van der Waals surface area contributed by atoms with E-state index in [4.69, 9.17) is 5.73 Å². The Bertz CT molecular complexity index is 333. The van der Waals surface area contributed by atoms with Crippen molar-refractivity contribution >= 4 is 5.82 Å². The smallest absolute Gasteiger partial charge is 0.123 e. The number of aromatic nitrogens is 1. The van der Waals surface area contributed by atoms with Crippen molar-refractivity contribution in [3.63, 3.8) is 0 Å². The molecule has 0 amide bonds. The summed E-state index contributed by atoms with van der Waals surface area (Å²) in [5, 5.41) is 3.13. The topological polar surface area (TPSA) is 50.9 Å². The first kappa shape index (κ1) is 12.9. The van der Waals surface area contributed by atoms with Gasteiger partial charge in [-0.15, -0.1) is 0 Å². The average Bonchev–Trinajstić information content (AvgIpc) is 2.14. The van der Waals surface area contributed by atoms with Crippen LogP contribution in [-0.2, 0) is 6.42 Å². The van der Waals surface area contributed by atoms with Gasteiger partial charge in [-0.1, -0.05) is 0 Å². The Labute approximate surface area is 96.3 Å². The van der Waals surface area contributed by atoms with E-state index in [-0.39, 0.29) is 5.54 Å². The van der Waals surface area contributed by atoms with Gasteiger partial charge in [-0.05, 0) is 38.5 Å². The van der Waals surface area contributed by atoms with Crippen LogP contribution in [0.4, 0.5) is 10.2 Å². The minimum Gasteiger partial charge on any atom is -0.384 e. The normalized spacial score (nSPS) is 13.8. The summed E-state index contributed by atoms with van der Waals surface area (Å²) in [7, 11) is 0. The molecule has 0 spiro atoms. The Morgan fingerprint density at radius 3 is 2.75 bits per heavy atom. The number of nitrogen functional groups attached to an aromatic ring is 1. The molecule has 3 N–H and O–H groups in total. The highest BCUT2D eigenvalue weighted by Crippen LogP contribution is 2.09. The maximum atomic E-state index is 13.6. The lowest BCUT2D eigenvalue weighted by Crippen LogP contribution is -2.40. The third-order valence-electron chi connectivity index (χ3n) is 2.16. The van der Waals surface area contributed by atoms with Gasteiger partial charge in [-0.25, -0.2) is 9.37 Å². The molecule has 90 valence electrons. The van der Waals surface area contributed by atoms with Crippen molar-refractivity contribution in [1.29, 1.82) is 0 Å². The predicted octanol–water partition coefficient (Wildman–Crippen LogP) is 1.93. The molecule has 16 heavy (non-hydrogen) atoms. The summed E-state index contributed by atoms with van der Waals surface area (Å²) in [6.45, 7) is 6.41. The number of hydrogen-bond acceptors (Lipinski definition) is 3. The molecule has 1 aromatic rings. The van der Waals surface area contributed by atoms with E-state index < -0.39 is 6.17 Å². The Morgan fingerprint density at radius 2 is 2.19 bits per heavy atom. The molecule has 0 aliphatic rings. The van der Waals surface area contributed by atoms with Gasteiger partial charge in [0.05, 0.1) is 0 Å². The van der Waals surface area contributed by atoms with Crippen molar-refractivity contribution in [2.75, 3.05) is 12.3 Å². The zero-order chi connectivity index (χ0) is 12.2. The van der Waals surface area contributed by atoms with E-state index in [0.717, 1.165) is 5.56 Å². The molecule has 0 saturated carbocycles. The minimum atomic E-state index is -0.902. The number of alkyl halides is 1. The van der Waals surface area contributed by atoms with Crippen LogP contribution in [-0.4, -0.2) is 23.2 Å². The van der Waals surface area contributed by atoms with Crippen molar-refractivity contribution in [3.8, 4) is 0 Å². The fourth-order valence-corrected chi connectivity index (χ4v) is 1.37. The maximum absolute atomic E-state index is 13.6. The first-order chi connectivity index (χ1) is 7.37. The van der Waals surface area contributed by atoms with Crippen LogP contribution in [0.1, 0.15) is 26.3 Å². The van der Waals surface area contributed by atoms with E-state index in [1.54, 1.807) is 18.3 Å². The van der Waals surface area contributed by atoms with Crippen LogP contribution in [0, 0.1) is 0 Å². The molecule has 0 aliphatic carbocycles. The third-order valence-corrected chi connectivity index (χ3v) is 2.16. The number of hydrogen-bond donors (Lipinski definition) is 2. The van der Waals surface area contributed by atoms with Gasteiger partial charge >= 0.3 is 0 Å². The highest BCUT2D eigenvalue weighted by Gasteiger charge is 2.13. The summed E-state index contributed by atoms with van der Waals surface area (Å²) < 4.78 is 13.6. The van der Waals surface area contributed by atoms with Crippen LogP contribution in [0.2, 0.25) is 0 Å². The van der Waals surface area contributed by atoms with E-state index in [2.05, 4.69) is 10.3 Å². The Morgan fingerprint density at radius 1 is 1.50 bits per heavy atom. The standard InChI is InChI=1S/C12H20FN3/c1-12(2,3)16-8-10(13)6-9-4-5-15-11(14)7-9/h4-5,7,10,16H,6,8H2,1-3H3,(H2,14,15). The Balaban J connectivity index is 2.43. The second kappa shape index (κ2) is 5.25. The third kappa shape index (κ3) is 5.07. The largest absolute Gasteiger partial charge is 0.384 e. The van der Waals surface area contributed by atoms with Gasteiger partial charge < -0.3 is 11.1 Å². The monoisotopic (exact) mass is 225 g/mol. The van der Waals surface area contributed by atoms with Gasteiger partial charge in [-0.3, -0.25) is 0 Å². The second-order valence-corrected chi connectivity index (χ2v) is 5.02. The van der Waals surface area contributed by atoms with Crippen molar-refractivity contribution in [2.45, 2.75) is 38.9 Å². The fourth-order valence-electron chi connectivity index (χ4n) is 1.37. The highest BCUT2D eigenvalue weighted by molar-refractivity contribution is 5.32. The maximum Gasteiger partial charge on any atom is 0.123 e. The lowest BCUT2D eigenvalue weighted by atomic mass is 10.1. The van der Waals surface area contributed by atoms with Crippen LogP contribution >= 0.6 is 0 Å². The van der Waals surface area contributed by atoms with Crippen molar-refractivity contribution < 1.29 is 4.39 Å². The second-order valence-electron chi connectivity index (χ2n) is 5.02. The van der Waals surface area contributed by atoms with E-state index in [9.17, 15) is 4.39 Å². The van der Waals surface area contributed by atoms with Crippen LogP contribution in [0.5, 0.6) is 0 Å². The Kier molecular flexibility index (Phi) is 4.24. The molecule has 1 heterocycles. The molecule has 3 nitrogen and oxygen atoms in total. The number of nitrogens with two attached hydrogens (primary N) is 1. The molecule has 0 fully saturated rings. The zero-order valence-corrected chi connectivity index (χ0v) is 10.1. The Hall–Kier alpha value is -1.16. The quantitative estimate of drug-likeness (QED) is 0.823. The van der Waals surface area contributed by atoms with E-state index in [1.165, 1.54) is 0 Å². The summed E-state index contributed by atoms with van der Waals surface area (Å²) in [5.41, 5.74) is 6.36. The summed E-state index contributed by atoms with van der Waals surface area (Å²) in [6, 6.07) is 3.50. The van der Waals surface area contributed by atoms with Crippen LogP contribution < -0.4 is 11.1 Å². The molecule has 0 saturated heterocycles. The molecule has 1 rings (SSSR count). The molecule has 0 bridgehead atoms. The van der Waals surface area contributed by atoms with Crippen LogP contribution in [0.15, 0.2) is 18.3 Å². The lowest BCUT2D eigenvalue weighted by Gasteiger charge is -2.22. The number of pyridine rings is 1. The first-order valence-corrected chi connectivity index (χ1v) is 5.46. The fraction of sp³-hybridized carbons (Fsp3) is 0.583. The highest BCUT2D eigenvalue weighted by atomic mass is 19.1. The van der Waals surface area contributed by atoms with Gasteiger partial charge in [0.25, 0.3) is 0 Å². The molecular weight excluding hydrogens is 205 g/mol. The lowest BCUT2D eigenvalue weighted by molar-refractivity contribution is 0.284. The SMILES string of the molecule is CC(C)(C)NCC(F)Cc1ccnc(N)c1. The summed E-state index contributed by atoms with van der Waals surface area (Å²) in [6.07, 6.45) is 1.07. The molecule has 4 heteroatoms. The first-order valence-electron chi connectivity index (χ1n) is 5.46. The van der Waals surface area contributed by atoms with Crippen molar-refractivity contribution in [3.05, 3.63) is 23.9 Å². The number of rotatable bonds is 4. The summed E-state index contributed by atoms with van der Waals surface area (Å²) in [5.74, 6) is 0.438. The molecule has 0 aliphatic heterocycles. The number of anilines is 1. The van der Waals surface area contributed by atoms with Gasteiger partial charge in [0.2, 0.25) is 0 Å². The molecule has 1 aromatic heterocycles. The van der Waals surface area contributed by atoms with E-state index in [1.807, 2.05) is 20.8 Å². The predicted molar refractivity (Wildman–Crippen MR) is 65.0 cm³/mol. The van der Waals surface area contributed by atoms with Gasteiger partial charge in [-0.2, -0.15) is 0 Å². The number of nitrogens with one attached hydrogen (secondary N) is 1. The van der Waals surface area contributed by atoms with Gasteiger partial charge in [0.1, 0.15) is 12.0 Å². The molecular formula is C12H20FN3. The average molecular weight is 225 g/mol. The molecule has 1 unspecified atom stereocenters. The van der Waals surface area contributed by atoms with Gasteiger partial charge in [0.15, 0.2) is 0 Å². The number of nitrogens with zero attached hydrogens (tertiary/aromatic N) is 1. The molecule has 0 radical (unpaired) electrons. The number of halogens is 1. The molecule has 1 atom stereocenters. The van der Waals surface area contributed by atoms with Crippen molar-refractivity contribution in [1.82, 2.24) is 10.3 Å². The summed E-state index contributed by atoms with van der Waals surface area (Å²) >= 11 is 0. The molecule has 0 aromatic carbocycles. The van der Waals surface area contributed by atoms with Crippen LogP contribution in [0.25, 0.3) is 0 Å². The van der Waals surface area contributed by atoms with Gasteiger partial charge in [0, 0.05) is 24.7 Å². The zero-order valence-electron chi connectivity index (χ0n) is 10.1. The van der Waals surface area contributed by atoms with E-state index >= 15 is 0 Å². The minimum absolute atomic E-state index is 0.0540. The summed E-state index contributed by atoms with van der Waals surface area (Å²) in [4.78, 5) is 3.87. The van der Waals surface area contributed by atoms with E-state index in [0.29, 0.717) is 18.8 Å². The van der Waals surface area contributed by atoms with Crippen molar-refractivity contribution in [2.24, 2.45) is 0 Å². The van der Waals surface area contributed by atoms with Crippen LogP contribution in [0.3, 0.4) is 0 Å².